The van der Waals surface area contributed by atoms with E-state index in [-0.39, 0.29) is 5.88 Å². The molecule has 17 heavy (non-hydrogen) atoms. The average Bonchev–Trinajstić information content (AvgIpc) is 2.35. The maximum Gasteiger partial charge on any atom is 0.414 e. The van der Waals surface area contributed by atoms with Gasteiger partial charge in [0.05, 0.1) is 19.8 Å². The largest absolute Gasteiger partial charge is 0.414 e. The third-order valence-electron chi connectivity index (χ3n) is 1.78. The topological polar surface area (TPSA) is 69.7 Å². The summed E-state index contributed by atoms with van der Waals surface area (Å²) in [4.78, 5) is 15.1. The van der Waals surface area contributed by atoms with Crippen LogP contribution in [-0.2, 0) is 9.47 Å². The minimum atomic E-state index is -0.543. The lowest BCUT2D eigenvalue weighted by molar-refractivity contribution is 0.0719. The van der Waals surface area contributed by atoms with E-state index in [1.54, 1.807) is 31.5 Å². The molecule has 1 amide bonds. The first kappa shape index (κ1) is 13.4. The van der Waals surface area contributed by atoms with Gasteiger partial charge in [0.25, 0.3) is 0 Å². The van der Waals surface area contributed by atoms with Crippen molar-refractivity contribution in [2.24, 2.45) is 0 Å². The number of rotatable bonds is 7. The second kappa shape index (κ2) is 8.49. The zero-order valence-corrected chi connectivity index (χ0v) is 9.72. The molecule has 1 aromatic heterocycles. The molecule has 0 saturated heterocycles. The third-order valence-corrected chi connectivity index (χ3v) is 1.78. The van der Waals surface area contributed by atoms with Crippen LogP contribution in [0.1, 0.15) is 0 Å². The Labute approximate surface area is 99.9 Å². The van der Waals surface area contributed by atoms with Crippen LogP contribution in [0.2, 0.25) is 0 Å². The number of methoxy groups -OCH3 is 1. The minimum Gasteiger partial charge on any atom is -0.391 e. The molecule has 1 aromatic rings. The molecule has 0 aliphatic carbocycles. The van der Waals surface area contributed by atoms with Crippen molar-refractivity contribution in [2.45, 2.75) is 0 Å². The van der Waals surface area contributed by atoms with Crippen molar-refractivity contribution in [2.75, 3.05) is 33.5 Å². The first-order valence-corrected chi connectivity index (χ1v) is 5.26. The Morgan fingerprint density at radius 1 is 1.35 bits per heavy atom. The highest BCUT2D eigenvalue weighted by molar-refractivity contribution is 5.69. The summed E-state index contributed by atoms with van der Waals surface area (Å²) in [6.45, 7) is 1.85. The molecule has 1 heterocycles. The number of aromatic nitrogens is 1. The summed E-state index contributed by atoms with van der Waals surface area (Å²) < 4.78 is 14.9. The third kappa shape index (κ3) is 6.49. The Morgan fingerprint density at radius 3 is 2.94 bits per heavy atom. The normalized spacial score (nSPS) is 9.94. The lowest BCUT2D eigenvalue weighted by Crippen LogP contribution is -2.30. The fraction of sp³-hybridized carbons (Fsp3) is 0.455. The fourth-order valence-corrected chi connectivity index (χ4v) is 1.01. The Morgan fingerprint density at radius 2 is 2.24 bits per heavy atom. The van der Waals surface area contributed by atoms with Gasteiger partial charge >= 0.3 is 6.09 Å². The first-order valence-electron chi connectivity index (χ1n) is 5.26. The predicted octanol–water partition coefficient (Wildman–Crippen LogP) is 0.833. The number of ether oxygens (including phenoxy) is 3. The standard InChI is InChI=1S/C11H16N2O4/c1-15-8-9-16-7-6-13-11(14)17-10-4-2-3-5-12-10/h2-5H,6-9H2,1H3,(H,13,14). The Kier molecular flexibility index (Phi) is 6.69. The van der Waals surface area contributed by atoms with Crippen molar-refractivity contribution in [3.8, 4) is 5.88 Å². The molecule has 0 spiro atoms. The molecule has 1 rings (SSSR count). The molecular weight excluding hydrogens is 224 g/mol. The van der Waals surface area contributed by atoms with Crippen molar-refractivity contribution >= 4 is 6.09 Å². The molecule has 0 atom stereocenters. The monoisotopic (exact) mass is 240 g/mol. The number of nitrogens with zero attached hydrogens (tertiary/aromatic N) is 1. The van der Waals surface area contributed by atoms with Gasteiger partial charge in [-0.05, 0) is 6.07 Å². The lowest BCUT2D eigenvalue weighted by Gasteiger charge is -2.06. The average molecular weight is 240 g/mol. The van der Waals surface area contributed by atoms with Crippen LogP contribution < -0.4 is 10.1 Å². The van der Waals surface area contributed by atoms with E-state index in [2.05, 4.69) is 10.3 Å². The van der Waals surface area contributed by atoms with Gasteiger partial charge in [-0.15, -0.1) is 0 Å². The number of carbonyl (C=O) groups excluding carboxylic acids is 1. The Bertz CT molecular complexity index is 319. The van der Waals surface area contributed by atoms with Gasteiger partial charge in [-0.1, -0.05) is 6.07 Å². The van der Waals surface area contributed by atoms with Crippen LogP contribution in [-0.4, -0.2) is 44.6 Å². The van der Waals surface area contributed by atoms with E-state index >= 15 is 0 Å². The number of hydrogen-bond donors (Lipinski definition) is 1. The molecule has 1 N–H and O–H groups in total. The highest BCUT2D eigenvalue weighted by atomic mass is 16.6. The second-order valence-corrected chi connectivity index (χ2v) is 3.09. The van der Waals surface area contributed by atoms with Crippen molar-refractivity contribution < 1.29 is 19.0 Å². The minimum absolute atomic E-state index is 0.269. The summed E-state index contributed by atoms with van der Waals surface area (Å²) in [6, 6.07) is 5.09. The number of hydrogen-bond acceptors (Lipinski definition) is 5. The van der Waals surface area contributed by atoms with Crippen molar-refractivity contribution in [3.05, 3.63) is 24.4 Å². The van der Waals surface area contributed by atoms with Gasteiger partial charge in [-0.25, -0.2) is 9.78 Å². The molecule has 0 fully saturated rings. The van der Waals surface area contributed by atoms with Crippen molar-refractivity contribution in [1.29, 1.82) is 0 Å². The van der Waals surface area contributed by atoms with Gasteiger partial charge in [-0.3, -0.25) is 0 Å². The van der Waals surface area contributed by atoms with Crippen LogP contribution in [0.3, 0.4) is 0 Å². The van der Waals surface area contributed by atoms with Crippen LogP contribution in [0.5, 0.6) is 5.88 Å². The summed E-state index contributed by atoms with van der Waals surface area (Å²) in [5, 5.41) is 2.54. The number of nitrogens with one attached hydrogen (secondary N) is 1. The Balaban J connectivity index is 2.06. The van der Waals surface area contributed by atoms with Crippen LogP contribution in [0, 0.1) is 0 Å². The molecule has 0 saturated carbocycles. The molecule has 0 aromatic carbocycles. The maximum absolute atomic E-state index is 11.2. The van der Waals surface area contributed by atoms with E-state index in [1.165, 1.54) is 0 Å². The smallest absolute Gasteiger partial charge is 0.391 e. The number of carbonyl (C=O) groups is 1. The summed E-state index contributed by atoms with van der Waals surface area (Å²) in [5.41, 5.74) is 0. The molecule has 0 unspecified atom stereocenters. The maximum atomic E-state index is 11.2. The van der Waals surface area contributed by atoms with Crippen molar-refractivity contribution in [1.82, 2.24) is 10.3 Å². The van der Waals surface area contributed by atoms with E-state index in [0.29, 0.717) is 26.4 Å². The first-order chi connectivity index (χ1) is 8.33. The Hall–Kier alpha value is -1.66. The fourth-order valence-electron chi connectivity index (χ4n) is 1.01. The van der Waals surface area contributed by atoms with Gasteiger partial charge < -0.3 is 19.5 Å². The van der Waals surface area contributed by atoms with Crippen molar-refractivity contribution in [3.63, 3.8) is 0 Å². The summed E-state index contributed by atoms with van der Waals surface area (Å²) in [7, 11) is 1.60. The quantitative estimate of drug-likeness (QED) is 0.715. The van der Waals surface area contributed by atoms with Crippen LogP contribution in [0.25, 0.3) is 0 Å². The molecule has 6 nitrogen and oxygen atoms in total. The SMILES string of the molecule is COCCOCCNC(=O)Oc1ccccn1. The highest BCUT2D eigenvalue weighted by Gasteiger charge is 2.03. The van der Waals surface area contributed by atoms with E-state index < -0.39 is 6.09 Å². The molecule has 6 heteroatoms. The van der Waals surface area contributed by atoms with E-state index in [4.69, 9.17) is 14.2 Å². The van der Waals surface area contributed by atoms with E-state index in [1.807, 2.05) is 0 Å². The number of amides is 1. The lowest BCUT2D eigenvalue weighted by atomic mass is 10.5. The molecule has 94 valence electrons. The molecule has 0 aliphatic rings. The van der Waals surface area contributed by atoms with Gasteiger partial charge in [0.1, 0.15) is 0 Å². The summed E-state index contributed by atoms with van der Waals surface area (Å²) >= 11 is 0. The van der Waals surface area contributed by atoms with E-state index in [9.17, 15) is 4.79 Å². The molecule has 0 bridgehead atoms. The molecule has 0 radical (unpaired) electrons. The zero-order chi connectivity index (χ0) is 12.3. The van der Waals surface area contributed by atoms with Gasteiger partial charge in [0, 0.05) is 25.9 Å². The van der Waals surface area contributed by atoms with Crippen LogP contribution in [0.4, 0.5) is 4.79 Å². The zero-order valence-electron chi connectivity index (χ0n) is 9.72. The van der Waals surface area contributed by atoms with Gasteiger partial charge in [0.15, 0.2) is 0 Å². The predicted molar refractivity (Wildman–Crippen MR) is 61.0 cm³/mol. The summed E-state index contributed by atoms with van der Waals surface area (Å²) in [6.07, 6.45) is 1.01. The number of pyridine rings is 1. The molecule has 0 aliphatic heterocycles. The summed E-state index contributed by atoms with van der Waals surface area (Å²) in [5.74, 6) is 0.269. The second-order valence-electron chi connectivity index (χ2n) is 3.09. The molecular formula is C11H16N2O4. The van der Waals surface area contributed by atoms with Crippen LogP contribution >= 0.6 is 0 Å². The van der Waals surface area contributed by atoms with Gasteiger partial charge in [-0.2, -0.15) is 0 Å². The van der Waals surface area contributed by atoms with E-state index in [0.717, 1.165) is 0 Å². The highest BCUT2D eigenvalue weighted by Crippen LogP contribution is 2.02. The van der Waals surface area contributed by atoms with Gasteiger partial charge in [0.2, 0.25) is 5.88 Å². The van der Waals surface area contributed by atoms with Crippen LogP contribution in [0.15, 0.2) is 24.4 Å².